The fourth-order valence-corrected chi connectivity index (χ4v) is 7.33. The Kier molecular flexibility index (Phi) is 49.7. The molecule has 2 N–H and O–H groups in total. The van der Waals surface area contributed by atoms with Crippen molar-refractivity contribution in [1.29, 1.82) is 0 Å². The highest BCUT2D eigenvalue weighted by molar-refractivity contribution is 7.47. The van der Waals surface area contributed by atoms with E-state index in [1.807, 2.05) is 12.2 Å². The zero-order chi connectivity index (χ0) is 52.7. The van der Waals surface area contributed by atoms with Gasteiger partial charge in [-0.15, -0.1) is 0 Å². The molecule has 0 heterocycles. The average molecular weight is 1020 g/mol. The maximum atomic E-state index is 12.9. The second-order valence-corrected chi connectivity index (χ2v) is 18.7. The second-order valence-electron chi connectivity index (χ2n) is 17.2. The van der Waals surface area contributed by atoms with Gasteiger partial charge in [-0.05, 0) is 116 Å². The Morgan fingerprint density at radius 2 is 0.708 bits per heavy atom. The number of aliphatic hydroxyl groups excluding tert-OH is 1. The van der Waals surface area contributed by atoms with E-state index in [4.69, 9.17) is 23.3 Å². The van der Waals surface area contributed by atoms with E-state index in [0.717, 1.165) is 122 Å². The van der Waals surface area contributed by atoms with Crippen molar-refractivity contribution >= 4 is 25.7 Å². The van der Waals surface area contributed by atoms with Crippen LogP contribution in [0.2, 0.25) is 0 Å². The predicted molar refractivity (Wildman–Crippen MR) is 297 cm³/mol. The number of ether oxygens (including phenoxy) is 3. The molecule has 0 aromatic heterocycles. The van der Waals surface area contributed by atoms with Crippen molar-refractivity contribution in [2.75, 3.05) is 26.4 Å². The van der Waals surface area contributed by atoms with Crippen molar-refractivity contribution in [3.05, 3.63) is 134 Å². The van der Waals surface area contributed by atoms with Gasteiger partial charge in [0, 0.05) is 19.3 Å². The number of allylic oxidation sites excluding steroid dienone is 22. The first-order valence-corrected chi connectivity index (χ1v) is 28.6. The van der Waals surface area contributed by atoms with Crippen molar-refractivity contribution in [2.45, 2.75) is 200 Å². The summed E-state index contributed by atoms with van der Waals surface area (Å²) in [6.45, 7) is 4.13. The molecule has 0 aromatic rings. The maximum Gasteiger partial charge on any atom is 0.472 e. The summed E-state index contributed by atoms with van der Waals surface area (Å²) in [4.78, 5) is 48.4. The van der Waals surface area contributed by atoms with E-state index < -0.39 is 57.8 Å². The van der Waals surface area contributed by atoms with Gasteiger partial charge >= 0.3 is 25.7 Å². The van der Waals surface area contributed by atoms with Crippen LogP contribution in [-0.2, 0) is 42.2 Å². The van der Waals surface area contributed by atoms with Crippen LogP contribution < -0.4 is 0 Å². The van der Waals surface area contributed by atoms with E-state index in [9.17, 15) is 28.9 Å². The van der Waals surface area contributed by atoms with Gasteiger partial charge in [0.05, 0.1) is 19.8 Å². The van der Waals surface area contributed by atoms with Crippen LogP contribution in [0.3, 0.4) is 0 Å². The van der Waals surface area contributed by atoms with Crippen molar-refractivity contribution in [2.24, 2.45) is 0 Å². The predicted octanol–water partition coefficient (Wildman–Crippen LogP) is 15.8. The lowest BCUT2D eigenvalue weighted by molar-refractivity contribution is -0.161. The highest BCUT2D eigenvalue weighted by atomic mass is 31.2. The van der Waals surface area contributed by atoms with Crippen LogP contribution in [0.25, 0.3) is 0 Å². The molecule has 0 spiro atoms. The van der Waals surface area contributed by atoms with Gasteiger partial charge in [-0.2, -0.15) is 0 Å². The summed E-state index contributed by atoms with van der Waals surface area (Å²) in [6.07, 6.45) is 65.8. The van der Waals surface area contributed by atoms with E-state index in [2.05, 4.69) is 142 Å². The van der Waals surface area contributed by atoms with E-state index in [0.29, 0.717) is 25.7 Å². The third kappa shape index (κ3) is 50.6. The minimum Gasteiger partial charge on any atom is -0.462 e. The zero-order valence-electron chi connectivity index (χ0n) is 44.6. The summed E-state index contributed by atoms with van der Waals surface area (Å²) in [7, 11) is -4.78. The van der Waals surface area contributed by atoms with E-state index in [1.165, 1.54) is 0 Å². The molecule has 0 bridgehead atoms. The third-order valence-corrected chi connectivity index (χ3v) is 11.5. The molecule has 3 atom stereocenters. The van der Waals surface area contributed by atoms with E-state index >= 15 is 0 Å². The quantitative estimate of drug-likeness (QED) is 0.0197. The number of phosphoric acid groups is 1. The molecule has 12 heteroatoms. The van der Waals surface area contributed by atoms with Crippen molar-refractivity contribution < 1.29 is 52.2 Å². The van der Waals surface area contributed by atoms with Gasteiger partial charge in [-0.3, -0.25) is 23.4 Å². The van der Waals surface area contributed by atoms with Crippen molar-refractivity contribution in [1.82, 2.24) is 0 Å². The van der Waals surface area contributed by atoms with Crippen molar-refractivity contribution in [3.63, 3.8) is 0 Å². The number of hydrogen-bond acceptors (Lipinski definition) is 10. The minimum atomic E-state index is -4.78. The molecule has 0 aliphatic carbocycles. The third-order valence-electron chi connectivity index (χ3n) is 10.6. The number of carbonyl (C=O) groups excluding carboxylic acids is 3. The lowest BCUT2D eigenvalue weighted by atomic mass is 10.1. The highest BCUT2D eigenvalue weighted by Gasteiger charge is 2.28. The minimum absolute atomic E-state index is 0.0332. The summed E-state index contributed by atoms with van der Waals surface area (Å²) < 4.78 is 39.3. The molecule has 0 radical (unpaired) electrons. The molecule has 406 valence electrons. The first-order chi connectivity index (χ1) is 35.2. The molecule has 0 aliphatic rings. The Hall–Kier alpha value is -4.38. The number of phosphoric ester groups is 1. The largest absolute Gasteiger partial charge is 0.472 e. The fraction of sp³-hybridized carbons (Fsp3) is 0.583. The van der Waals surface area contributed by atoms with Crippen LogP contribution >= 0.6 is 7.82 Å². The first-order valence-electron chi connectivity index (χ1n) is 27.1. The molecule has 0 aromatic carbocycles. The Morgan fingerprint density at radius 1 is 0.389 bits per heavy atom. The monoisotopic (exact) mass is 1020 g/mol. The standard InChI is InChI=1S/C60H95O11P/c1-4-7-10-13-16-19-22-25-26-27-28-29-30-33-34-37-40-43-46-49-58(62)67-53-57(71-60(64)51-48-45-42-39-36-32-24-21-18-15-12-9-6-3)55-69-72(65,66)68-54-56(52-61)70-59(63)50-47-44-41-38-35-31-23-20-17-14-11-8-5-2/h7-12,16-21,25-26,28-29,31-32,35-36,42,45,56-57,61H,4-6,13-15,22-24,27,30,33-34,37-41,43-44,46-55H2,1-3H3,(H,65,66)/b10-7-,11-8-,12-9-,19-16-,20-17-,21-18-,26-25-,29-28-,35-31-,36-32-,45-42-. The Morgan fingerprint density at radius 3 is 1.14 bits per heavy atom. The first kappa shape index (κ1) is 67.6. The van der Waals surface area contributed by atoms with Crippen molar-refractivity contribution in [3.8, 4) is 0 Å². The van der Waals surface area contributed by atoms with Crippen LogP contribution in [0.5, 0.6) is 0 Å². The van der Waals surface area contributed by atoms with Gasteiger partial charge in [0.25, 0.3) is 0 Å². The molecule has 0 aliphatic heterocycles. The molecule has 3 unspecified atom stereocenters. The van der Waals surface area contributed by atoms with Gasteiger partial charge in [-0.1, -0.05) is 187 Å². The fourth-order valence-electron chi connectivity index (χ4n) is 6.55. The summed E-state index contributed by atoms with van der Waals surface area (Å²) in [6, 6.07) is 0. The summed E-state index contributed by atoms with van der Waals surface area (Å²) in [5.41, 5.74) is 0. The molecule has 0 saturated heterocycles. The topological polar surface area (TPSA) is 155 Å². The SMILES string of the molecule is CC/C=C\C/C=C\C/C=C\C/C=C\CCCCCCCCC(=O)OCC(COP(=O)(O)OCC(CO)OC(=O)CCCCC/C=C\C/C=C\C/C=C\CC)OC(=O)CC/C=C\C/C=C\C/C=C\C/C=C\CC. The number of rotatable bonds is 48. The van der Waals surface area contributed by atoms with Crippen LogP contribution in [0.15, 0.2) is 134 Å². The number of aliphatic hydroxyl groups is 1. The van der Waals surface area contributed by atoms with Gasteiger partial charge in [0.15, 0.2) is 6.10 Å². The highest BCUT2D eigenvalue weighted by Crippen LogP contribution is 2.43. The molecule has 72 heavy (non-hydrogen) atoms. The summed E-state index contributed by atoms with van der Waals surface area (Å²) in [5, 5.41) is 9.78. The molecule has 0 amide bonds. The Bertz CT molecular complexity index is 1710. The lowest BCUT2D eigenvalue weighted by Crippen LogP contribution is -2.30. The van der Waals surface area contributed by atoms with E-state index in [-0.39, 0.29) is 25.9 Å². The van der Waals surface area contributed by atoms with Gasteiger partial charge in [0.2, 0.25) is 0 Å². The number of carbonyl (C=O) groups is 3. The smallest absolute Gasteiger partial charge is 0.462 e. The number of unbranched alkanes of at least 4 members (excludes halogenated alkanes) is 9. The molecule has 0 rings (SSSR count). The van der Waals surface area contributed by atoms with Gasteiger partial charge < -0.3 is 24.2 Å². The van der Waals surface area contributed by atoms with Gasteiger partial charge in [0.1, 0.15) is 12.7 Å². The molecular formula is C60H95O11P. The van der Waals surface area contributed by atoms with Gasteiger partial charge in [-0.25, -0.2) is 4.57 Å². The average Bonchev–Trinajstić information content (AvgIpc) is 3.37. The molecular weight excluding hydrogens is 928 g/mol. The lowest BCUT2D eigenvalue weighted by Gasteiger charge is -2.21. The van der Waals surface area contributed by atoms with Crippen LogP contribution in [0, 0.1) is 0 Å². The normalized spacial score (nSPS) is 14.5. The van der Waals surface area contributed by atoms with Crippen LogP contribution in [0.1, 0.15) is 188 Å². The molecule has 0 saturated carbocycles. The summed E-state index contributed by atoms with van der Waals surface area (Å²) in [5.74, 6) is -1.63. The van der Waals surface area contributed by atoms with E-state index in [1.54, 1.807) is 0 Å². The Balaban J connectivity index is 4.85. The summed E-state index contributed by atoms with van der Waals surface area (Å²) >= 11 is 0. The number of hydrogen-bond donors (Lipinski definition) is 2. The molecule has 0 fully saturated rings. The van der Waals surface area contributed by atoms with Crippen LogP contribution in [-0.4, -0.2) is 66.5 Å². The zero-order valence-corrected chi connectivity index (χ0v) is 45.5. The number of esters is 3. The maximum absolute atomic E-state index is 12.9. The van der Waals surface area contributed by atoms with Crippen LogP contribution in [0.4, 0.5) is 0 Å². The second kappa shape index (κ2) is 52.9. The molecule has 11 nitrogen and oxygen atoms in total. The Labute approximate surface area is 436 Å².